The lowest BCUT2D eigenvalue weighted by molar-refractivity contribution is -0.109. The van der Waals surface area contributed by atoms with E-state index in [-0.39, 0.29) is 5.12 Å². The predicted octanol–water partition coefficient (Wildman–Crippen LogP) is 6.03. The quantitative estimate of drug-likeness (QED) is 0.236. The molecule has 0 spiro atoms. The van der Waals surface area contributed by atoms with Crippen LogP contribution in [0.2, 0.25) is 0 Å². The third-order valence-electron chi connectivity index (χ3n) is 4.22. The number of hydrogen-bond acceptors (Lipinski definition) is 2. The molecule has 0 N–H and O–H groups in total. The van der Waals surface area contributed by atoms with Crippen molar-refractivity contribution in [1.82, 2.24) is 0 Å². The van der Waals surface area contributed by atoms with Gasteiger partial charge in [0.25, 0.3) is 0 Å². The monoisotopic (exact) mass is 352 g/mol. The molecule has 0 atom stereocenters. The Labute approximate surface area is 157 Å². The highest BCUT2D eigenvalue weighted by molar-refractivity contribution is 8.13. The van der Waals surface area contributed by atoms with Gasteiger partial charge in [0.15, 0.2) is 5.12 Å². The number of hydrogen-bond donors (Lipinski definition) is 0. The zero-order valence-corrected chi connectivity index (χ0v) is 15.1. The Morgan fingerprint density at radius 3 is 1.92 bits per heavy atom. The zero-order valence-electron chi connectivity index (χ0n) is 14.3. The highest BCUT2D eigenvalue weighted by Crippen LogP contribution is 2.28. The van der Waals surface area contributed by atoms with E-state index in [4.69, 9.17) is 0 Å². The summed E-state index contributed by atoms with van der Waals surface area (Å²) < 4.78 is 0. The van der Waals surface area contributed by atoms with E-state index in [0.717, 1.165) is 16.0 Å². The standard InChI is InChI=1S/C24H16OS/c1-17(25)26-21-13-10-18(11-14-21)12-15-24-22-8-4-2-6-19(22)16-20-7-3-5-9-23(20)24/h2-11,13-14,16H,1H3. The molecule has 4 rings (SSSR count). The van der Waals surface area contributed by atoms with Crippen LogP contribution in [-0.4, -0.2) is 5.12 Å². The van der Waals surface area contributed by atoms with Crippen LogP contribution in [0.1, 0.15) is 18.1 Å². The van der Waals surface area contributed by atoms with E-state index in [1.54, 1.807) is 6.92 Å². The van der Waals surface area contributed by atoms with Crippen molar-refractivity contribution in [2.45, 2.75) is 11.8 Å². The number of carbonyl (C=O) groups excluding carboxylic acids is 1. The second kappa shape index (κ2) is 7.07. The number of fused-ring (bicyclic) bond motifs is 2. The summed E-state index contributed by atoms with van der Waals surface area (Å²) in [6.07, 6.45) is 0. The van der Waals surface area contributed by atoms with Crippen molar-refractivity contribution < 1.29 is 4.79 Å². The molecule has 4 aromatic rings. The zero-order chi connectivity index (χ0) is 17.9. The van der Waals surface area contributed by atoms with Crippen LogP contribution in [0.25, 0.3) is 21.5 Å². The lowest BCUT2D eigenvalue weighted by Crippen LogP contribution is -1.85. The van der Waals surface area contributed by atoms with Crippen LogP contribution in [0.3, 0.4) is 0 Å². The van der Waals surface area contributed by atoms with Gasteiger partial charge >= 0.3 is 0 Å². The minimum Gasteiger partial charge on any atom is -0.287 e. The van der Waals surface area contributed by atoms with Crippen LogP contribution in [-0.2, 0) is 4.79 Å². The molecule has 0 saturated heterocycles. The van der Waals surface area contributed by atoms with Gasteiger partial charge in [0.1, 0.15) is 0 Å². The van der Waals surface area contributed by atoms with E-state index in [9.17, 15) is 4.79 Å². The number of benzene rings is 4. The Morgan fingerprint density at radius 1 is 0.769 bits per heavy atom. The molecule has 0 saturated carbocycles. The van der Waals surface area contributed by atoms with Crippen LogP contribution >= 0.6 is 11.8 Å². The summed E-state index contributed by atoms with van der Waals surface area (Å²) in [5.74, 6) is 6.67. The van der Waals surface area contributed by atoms with Gasteiger partial charge in [-0.3, -0.25) is 4.79 Å². The molecular weight excluding hydrogens is 336 g/mol. The fourth-order valence-electron chi connectivity index (χ4n) is 3.06. The average Bonchev–Trinajstić information content (AvgIpc) is 2.66. The topological polar surface area (TPSA) is 17.1 Å². The molecule has 0 aliphatic rings. The second-order valence-corrected chi connectivity index (χ2v) is 7.31. The van der Waals surface area contributed by atoms with E-state index in [0.29, 0.717) is 0 Å². The molecule has 0 aliphatic carbocycles. The maximum absolute atomic E-state index is 11.2. The summed E-state index contributed by atoms with van der Waals surface area (Å²) in [6, 6.07) is 26.7. The molecule has 0 heterocycles. The Kier molecular flexibility index (Phi) is 4.48. The molecule has 1 nitrogen and oxygen atoms in total. The molecule has 0 radical (unpaired) electrons. The highest BCUT2D eigenvalue weighted by atomic mass is 32.2. The Morgan fingerprint density at radius 2 is 1.35 bits per heavy atom. The van der Waals surface area contributed by atoms with Crippen molar-refractivity contribution in [2.75, 3.05) is 0 Å². The highest BCUT2D eigenvalue weighted by Gasteiger charge is 2.05. The molecular formula is C24H16OS. The summed E-state index contributed by atoms with van der Waals surface area (Å²) >= 11 is 1.24. The molecule has 0 amide bonds. The summed E-state index contributed by atoms with van der Waals surface area (Å²) in [5, 5.41) is 4.82. The minimum absolute atomic E-state index is 0.0889. The summed E-state index contributed by atoms with van der Waals surface area (Å²) in [6.45, 7) is 1.57. The van der Waals surface area contributed by atoms with Gasteiger partial charge in [-0.1, -0.05) is 72.1 Å². The molecule has 0 bridgehead atoms. The lowest BCUT2D eigenvalue weighted by Gasteiger charge is -2.06. The van der Waals surface area contributed by atoms with Gasteiger partial charge in [-0.15, -0.1) is 0 Å². The molecule has 2 heteroatoms. The number of carbonyl (C=O) groups is 1. The van der Waals surface area contributed by atoms with E-state index in [1.807, 2.05) is 24.3 Å². The van der Waals surface area contributed by atoms with Crippen LogP contribution in [0.4, 0.5) is 0 Å². The van der Waals surface area contributed by atoms with Crippen LogP contribution in [0, 0.1) is 11.8 Å². The van der Waals surface area contributed by atoms with E-state index in [1.165, 1.54) is 33.3 Å². The predicted molar refractivity (Wildman–Crippen MR) is 110 cm³/mol. The van der Waals surface area contributed by atoms with Crippen molar-refractivity contribution in [2.24, 2.45) is 0 Å². The van der Waals surface area contributed by atoms with Gasteiger partial charge in [0.05, 0.1) is 0 Å². The van der Waals surface area contributed by atoms with Gasteiger partial charge in [0, 0.05) is 22.9 Å². The number of rotatable bonds is 1. The van der Waals surface area contributed by atoms with Crippen molar-refractivity contribution >= 4 is 38.4 Å². The first kappa shape index (κ1) is 16.4. The normalized spacial score (nSPS) is 10.5. The molecule has 0 unspecified atom stereocenters. The van der Waals surface area contributed by atoms with Crippen LogP contribution in [0.5, 0.6) is 0 Å². The Balaban J connectivity index is 1.82. The smallest absolute Gasteiger partial charge is 0.190 e. The molecule has 124 valence electrons. The largest absolute Gasteiger partial charge is 0.287 e. The third kappa shape index (κ3) is 3.35. The van der Waals surface area contributed by atoms with E-state index >= 15 is 0 Å². The van der Waals surface area contributed by atoms with Crippen LogP contribution in [0.15, 0.2) is 83.8 Å². The van der Waals surface area contributed by atoms with E-state index < -0.39 is 0 Å². The minimum atomic E-state index is 0.0889. The Hall–Kier alpha value is -3.02. The molecule has 0 aromatic heterocycles. The average molecular weight is 352 g/mol. The lowest BCUT2D eigenvalue weighted by atomic mass is 9.97. The molecule has 26 heavy (non-hydrogen) atoms. The van der Waals surface area contributed by atoms with Gasteiger partial charge in [-0.05, 0) is 51.9 Å². The van der Waals surface area contributed by atoms with Gasteiger partial charge in [-0.2, -0.15) is 0 Å². The Bertz CT molecular complexity index is 1120. The fourth-order valence-corrected chi connectivity index (χ4v) is 3.66. The molecule has 0 fully saturated rings. The first-order chi connectivity index (χ1) is 12.7. The SMILES string of the molecule is CC(=O)Sc1ccc(C#Cc2c3ccccc3cc3ccccc23)cc1. The first-order valence-electron chi connectivity index (χ1n) is 8.42. The van der Waals surface area contributed by atoms with Gasteiger partial charge in [-0.25, -0.2) is 0 Å². The summed E-state index contributed by atoms with van der Waals surface area (Å²) in [5.41, 5.74) is 2.00. The van der Waals surface area contributed by atoms with Crippen molar-refractivity contribution in [3.05, 3.63) is 90.0 Å². The third-order valence-corrected chi connectivity index (χ3v) is 5.01. The van der Waals surface area contributed by atoms with E-state index in [2.05, 4.69) is 66.4 Å². The van der Waals surface area contributed by atoms with Gasteiger partial charge < -0.3 is 0 Å². The van der Waals surface area contributed by atoms with Crippen molar-refractivity contribution in [3.8, 4) is 11.8 Å². The second-order valence-electron chi connectivity index (χ2n) is 6.06. The summed E-state index contributed by atoms with van der Waals surface area (Å²) in [4.78, 5) is 12.1. The van der Waals surface area contributed by atoms with Crippen molar-refractivity contribution in [3.63, 3.8) is 0 Å². The number of thioether (sulfide) groups is 1. The first-order valence-corrected chi connectivity index (χ1v) is 9.23. The summed E-state index contributed by atoms with van der Waals surface area (Å²) in [7, 11) is 0. The fraction of sp³-hybridized carbons (Fsp3) is 0.0417. The molecule has 0 aliphatic heterocycles. The maximum atomic E-state index is 11.2. The molecule has 4 aromatic carbocycles. The van der Waals surface area contributed by atoms with Crippen molar-refractivity contribution in [1.29, 1.82) is 0 Å². The van der Waals surface area contributed by atoms with Gasteiger partial charge in [0.2, 0.25) is 0 Å². The van der Waals surface area contributed by atoms with Crippen LogP contribution < -0.4 is 0 Å². The maximum Gasteiger partial charge on any atom is 0.190 e.